The second-order valence-electron chi connectivity index (χ2n) is 2.20. The Kier molecular flexibility index (Phi) is 3.33. The number of hydrogen-bond acceptors (Lipinski definition) is 2. The normalized spacial score (nSPS) is 9.42. The SMILES string of the molecule is O=C(CI)Nc1ccccc1O. The monoisotopic (exact) mass is 277 g/mol. The molecule has 0 fully saturated rings. The second-order valence-corrected chi connectivity index (χ2v) is 2.96. The summed E-state index contributed by atoms with van der Waals surface area (Å²) < 4.78 is 0.381. The van der Waals surface area contributed by atoms with Crippen molar-refractivity contribution in [3.8, 4) is 5.75 Å². The first-order chi connectivity index (χ1) is 5.74. The molecule has 0 aromatic heterocycles. The lowest BCUT2D eigenvalue weighted by atomic mass is 10.3. The molecule has 1 aromatic carbocycles. The number of phenols is 1. The van der Waals surface area contributed by atoms with E-state index in [9.17, 15) is 9.90 Å². The fraction of sp³-hybridized carbons (Fsp3) is 0.125. The van der Waals surface area contributed by atoms with E-state index in [1.807, 2.05) is 22.6 Å². The summed E-state index contributed by atoms with van der Waals surface area (Å²) in [6.07, 6.45) is 0. The van der Waals surface area contributed by atoms with Crippen LogP contribution in [-0.4, -0.2) is 15.4 Å². The molecule has 1 amide bonds. The molecule has 0 heterocycles. The Bertz CT molecular complexity index is 288. The first-order valence-corrected chi connectivity index (χ1v) is 4.90. The van der Waals surface area contributed by atoms with Gasteiger partial charge >= 0.3 is 0 Å². The predicted molar refractivity (Wildman–Crippen MR) is 55.6 cm³/mol. The van der Waals surface area contributed by atoms with Crippen LogP contribution in [0.4, 0.5) is 5.69 Å². The second kappa shape index (κ2) is 4.30. The number of alkyl halides is 1. The molecule has 0 spiro atoms. The molecule has 0 atom stereocenters. The maximum atomic E-state index is 10.9. The highest BCUT2D eigenvalue weighted by Crippen LogP contribution is 2.21. The molecule has 2 N–H and O–H groups in total. The van der Waals surface area contributed by atoms with Gasteiger partial charge in [-0.1, -0.05) is 34.7 Å². The summed E-state index contributed by atoms with van der Waals surface area (Å²) >= 11 is 1.96. The molecular formula is C8H8INO2. The van der Waals surface area contributed by atoms with Crippen molar-refractivity contribution in [1.82, 2.24) is 0 Å². The molecule has 0 aliphatic carbocycles. The molecule has 0 saturated heterocycles. The number of carbonyl (C=O) groups is 1. The number of carbonyl (C=O) groups excluding carboxylic acids is 1. The lowest BCUT2D eigenvalue weighted by Gasteiger charge is -2.03. The number of benzene rings is 1. The Morgan fingerprint density at radius 1 is 1.50 bits per heavy atom. The highest BCUT2D eigenvalue weighted by molar-refractivity contribution is 14.1. The lowest BCUT2D eigenvalue weighted by Crippen LogP contribution is -2.12. The summed E-state index contributed by atoms with van der Waals surface area (Å²) in [6, 6.07) is 6.64. The van der Waals surface area contributed by atoms with Crippen molar-refractivity contribution in [1.29, 1.82) is 0 Å². The Labute approximate surface area is 83.9 Å². The zero-order valence-corrected chi connectivity index (χ0v) is 8.41. The molecule has 1 aromatic rings. The van der Waals surface area contributed by atoms with E-state index in [1.165, 1.54) is 6.07 Å². The van der Waals surface area contributed by atoms with Crippen LogP contribution in [0.2, 0.25) is 0 Å². The van der Waals surface area contributed by atoms with E-state index in [0.29, 0.717) is 10.1 Å². The van der Waals surface area contributed by atoms with Gasteiger partial charge in [0, 0.05) is 0 Å². The lowest BCUT2D eigenvalue weighted by molar-refractivity contribution is -0.113. The van der Waals surface area contributed by atoms with E-state index < -0.39 is 0 Å². The van der Waals surface area contributed by atoms with E-state index in [-0.39, 0.29) is 11.7 Å². The highest BCUT2D eigenvalue weighted by atomic mass is 127. The maximum absolute atomic E-state index is 10.9. The number of nitrogens with one attached hydrogen (secondary N) is 1. The fourth-order valence-corrected chi connectivity index (χ4v) is 0.954. The van der Waals surface area contributed by atoms with Gasteiger partial charge in [0.25, 0.3) is 0 Å². The molecular weight excluding hydrogens is 269 g/mol. The van der Waals surface area contributed by atoms with Crippen LogP contribution in [0.1, 0.15) is 0 Å². The molecule has 0 aliphatic rings. The summed E-state index contributed by atoms with van der Waals surface area (Å²) in [7, 11) is 0. The van der Waals surface area contributed by atoms with Gasteiger partial charge in [-0.2, -0.15) is 0 Å². The van der Waals surface area contributed by atoms with Gasteiger partial charge in [0.05, 0.1) is 10.1 Å². The van der Waals surface area contributed by atoms with Crippen molar-refractivity contribution in [3.63, 3.8) is 0 Å². The number of anilines is 1. The number of amides is 1. The van der Waals surface area contributed by atoms with E-state index in [4.69, 9.17) is 0 Å². The van der Waals surface area contributed by atoms with Gasteiger partial charge in [0.2, 0.25) is 5.91 Å². The van der Waals surface area contributed by atoms with Crippen LogP contribution in [0, 0.1) is 0 Å². The van der Waals surface area contributed by atoms with Gasteiger partial charge in [-0.3, -0.25) is 4.79 Å². The zero-order valence-electron chi connectivity index (χ0n) is 6.25. The average Bonchev–Trinajstić information content (AvgIpc) is 2.09. The minimum absolute atomic E-state index is 0.0932. The predicted octanol–water partition coefficient (Wildman–Crippen LogP) is 1.77. The summed E-state index contributed by atoms with van der Waals surface area (Å²) in [5.41, 5.74) is 0.458. The Morgan fingerprint density at radius 2 is 2.17 bits per heavy atom. The summed E-state index contributed by atoms with van der Waals surface area (Å²) in [5.74, 6) is -0.0206. The zero-order chi connectivity index (χ0) is 8.97. The molecule has 3 nitrogen and oxygen atoms in total. The van der Waals surface area contributed by atoms with Gasteiger partial charge in [0.15, 0.2) is 0 Å². The molecule has 0 unspecified atom stereocenters. The van der Waals surface area contributed by atoms with E-state index in [2.05, 4.69) is 5.32 Å². The number of hydrogen-bond donors (Lipinski definition) is 2. The van der Waals surface area contributed by atoms with Crippen molar-refractivity contribution >= 4 is 34.2 Å². The van der Waals surface area contributed by atoms with Gasteiger partial charge in [-0.15, -0.1) is 0 Å². The fourth-order valence-electron chi connectivity index (χ4n) is 0.763. The van der Waals surface area contributed by atoms with Crippen molar-refractivity contribution < 1.29 is 9.90 Å². The number of aromatic hydroxyl groups is 1. The quantitative estimate of drug-likeness (QED) is 0.491. The van der Waals surface area contributed by atoms with E-state index in [0.717, 1.165) is 0 Å². The number of rotatable bonds is 2. The average molecular weight is 277 g/mol. The van der Waals surface area contributed by atoms with Crippen molar-refractivity contribution in [2.24, 2.45) is 0 Å². The van der Waals surface area contributed by atoms with Gasteiger partial charge < -0.3 is 10.4 Å². The van der Waals surface area contributed by atoms with Crippen LogP contribution < -0.4 is 5.32 Å². The Balaban J connectivity index is 2.75. The smallest absolute Gasteiger partial charge is 0.234 e. The third kappa shape index (κ3) is 2.37. The van der Waals surface area contributed by atoms with Crippen LogP contribution in [0.25, 0.3) is 0 Å². The van der Waals surface area contributed by atoms with E-state index in [1.54, 1.807) is 18.2 Å². The minimum Gasteiger partial charge on any atom is -0.506 e. The van der Waals surface area contributed by atoms with Crippen molar-refractivity contribution in [2.75, 3.05) is 9.74 Å². The molecule has 0 radical (unpaired) electrons. The first kappa shape index (κ1) is 9.31. The van der Waals surface area contributed by atoms with Crippen LogP contribution in [-0.2, 0) is 4.79 Å². The molecule has 0 saturated carbocycles. The number of halogens is 1. The van der Waals surface area contributed by atoms with Crippen LogP contribution in [0.15, 0.2) is 24.3 Å². The van der Waals surface area contributed by atoms with Crippen LogP contribution in [0.3, 0.4) is 0 Å². The van der Waals surface area contributed by atoms with Crippen LogP contribution >= 0.6 is 22.6 Å². The molecule has 0 bridgehead atoms. The standard InChI is InChI=1S/C8H8INO2/c9-5-8(12)10-6-3-1-2-4-7(6)11/h1-4,11H,5H2,(H,10,12). The maximum Gasteiger partial charge on any atom is 0.234 e. The third-order valence-electron chi connectivity index (χ3n) is 1.30. The Hall–Kier alpha value is -0.780. The minimum atomic E-state index is -0.114. The third-order valence-corrected chi connectivity index (χ3v) is 1.99. The van der Waals surface area contributed by atoms with E-state index >= 15 is 0 Å². The molecule has 4 heteroatoms. The molecule has 12 heavy (non-hydrogen) atoms. The van der Waals surface area contributed by atoms with Crippen molar-refractivity contribution in [3.05, 3.63) is 24.3 Å². The molecule has 64 valence electrons. The van der Waals surface area contributed by atoms with Gasteiger partial charge in [0.1, 0.15) is 5.75 Å². The number of para-hydroxylation sites is 2. The summed E-state index contributed by atoms with van der Waals surface area (Å²) in [6.45, 7) is 0. The molecule has 1 rings (SSSR count). The first-order valence-electron chi connectivity index (χ1n) is 3.38. The highest BCUT2D eigenvalue weighted by Gasteiger charge is 2.02. The van der Waals surface area contributed by atoms with Gasteiger partial charge in [-0.25, -0.2) is 0 Å². The van der Waals surface area contributed by atoms with Crippen LogP contribution in [0.5, 0.6) is 5.75 Å². The van der Waals surface area contributed by atoms with Crippen molar-refractivity contribution in [2.45, 2.75) is 0 Å². The van der Waals surface area contributed by atoms with Gasteiger partial charge in [-0.05, 0) is 12.1 Å². The number of phenolic OH excluding ortho intramolecular Hbond substituents is 1. The Morgan fingerprint density at radius 3 is 2.75 bits per heavy atom. The largest absolute Gasteiger partial charge is 0.506 e. The topological polar surface area (TPSA) is 49.3 Å². The molecule has 0 aliphatic heterocycles. The summed E-state index contributed by atoms with van der Waals surface area (Å²) in [5, 5.41) is 11.8. The summed E-state index contributed by atoms with van der Waals surface area (Å²) in [4.78, 5) is 10.9.